The Morgan fingerprint density at radius 3 is 2.27 bits per heavy atom. The number of quaternary nitrogens is 1. The summed E-state index contributed by atoms with van der Waals surface area (Å²) in [7, 11) is -6.09. The van der Waals surface area contributed by atoms with Crippen molar-refractivity contribution in [3.05, 3.63) is 23.5 Å². The quantitative estimate of drug-likeness (QED) is 0.130. The summed E-state index contributed by atoms with van der Waals surface area (Å²) in [6, 6.07) is 3.47. The van der Waals surface area contributed by atoms with Crippen molar-refractivity contribution in [3.63, 3.8) is 0 Å². The van der Waals surface area contributed by atoms with Crippen LogP contribution in [-0.2, 0) is 16.5 Å². The van der Waals surface area contributed by atoms with Crippen LogP contribution < -0.4 is 0 Å². The van der Waals surface area contributed by atoms with Crippen molar-refractivity contribution >= 4 is 16.3 Å². The lowest BCUT2D eigenvalue weighted by molar-refractivity contribution is -0.942. The van der Waals surface area contributed by atoms with Crippen molar-refractivity contribution in [2.24, 2.45) is 11.1 Å². The van der Waals surface area contributed by atoms with E-state index in [0.29, 0.717) is 5.69 Å². The average Bonchev–Trinajstić information content (AvgIpc) is 2.68. The van der Waals surface area contributed by atoms with Gasteiger partial charge < -0.3 is 19.3 Å². The fourth-order valence-electron chi connectivity index (χ4n) is 4.03. The maximum Gasteiger partial charge on any atom is 0.485 e. The van der Waals surface area contributed by atoms with Gasteiger partial charge in [-0.3, -0.25) is 0 Å². The van der Waals surface area contributed by atoms with Gasteiger partial charge in [-0.05, 0) is 56.6 Å². The minimum Gasteiger partial charge on any atom is -0.741 e. The summed E-state index contributed by atoms with van der Waals surface area (Å²) in [5.74, 6) is 1.07. The first-order valence-corrected chi connectivity index (χ1v) is 11.1. The van der Waals surface area contributed by atoms with E-state index < -0.39 is 15.6 Å². The molecule has 12 heteroatoms. The number of aryl methyl sites for hydroxylation is 1. The van der Waals surface area contributed by atoms with Crippen LogP contribution in [0.5, 0.6) is 5.75 Å². The molecule has 3 aliphatic rings. The molecule has 0 unspecified atom stereocenters. The first kappa shape index (κ1) is 24.4. The molecular weight excluding hydrogens is 427 g/mol. The molecule has 3 fully saturated rings. The van der Waals surface area contributed by atoms with Crippen LogP contribution in [0.25, 0.3) is 0 Å². The molecular formula is C18H26F3N3O5S. The molecule has 4 rings (SSSR count). The molecule has 0 saturated carbocycles. The van der Waals surface area contributed by atoms with E-state index in [1.165, 1.54) is 62.6 Å². The highest BCUT2D eigenvalue weighted by atomic mass is 32.2. The third-order valence-electron chi connectivity index (χ3n) is 5.77. The molecule has 0 atom stereocenters. The molecule has 2 bridgehead atoms. The Morgan fingerprint density at radius 2 is 1.77 bits per heavy atom. The maximum atomic E-state index is 10.7. The van der Waals surface area contributed by atoms with Crippen molar-refractivity contribution < 1.29 is 40.9 Å². The smallest absolute Gasteiger partial charge is 0.485 e. The second-order valence-electron chi connectivity index (χ2n) is 7.78. The topological polar surface area (TPSA) is 123 Å². The summed E-state index contributed by atoms with van der Waals surface area (Å²) in [6.45, 7) is 5.47. The second kappa shape index (κ2) is 9.92. The lowest BCUT2D eigenvalue weighted by Crippen LogP contribution is -2.58. The van der Waals surface area contributed by atoms with E-state index in [2.05, 4.69) is 10.1 Å². The van der Waals surface area contributed by atoms with Crippen LogP contribution in [0, 0.1) is 5.92 Å². The predicted molar refractivity (Wildman–Crippen MR) is 101 cm³/mol. The Balaban J connectivity index is 0.000000343. The van der Waals surface area contributed by atoms with Crippen LogP contribution in [-0.4, -0.2) is 70.7 Å². The summed E-state index contributed by atoms with van der Waals surface area (Å²) in [5, 5.41) is 21.1. The van der Waals surface area contributed by atoms with E-state index in [0.717, 1.165) is 24.5 Å². The highest BCUT2D eigenvalue weighted by Crippen LogP contribution is 2.33. The van der Waals surface area contributed by atoms with Crippen molar-refractivity contribution in [1.82, 2.24) is 4.98 Å². The lowest BCUT2D eigenvalue weighted by atomic mass is 9.85. The van der Waals surface area contributed by atoms with Gasteiger partial charge in [0.05, 0.1) is 32.4 Å². The normalized spacial score (nSPS) is 23.9. The summed E-state index contributed by atoms with van der Waals surface area (Å²) in [6.07, 6.45) is 8.74. The molecule has 170 valence electrons. The molecule has 4 heterocycles. The zero-order valence-electron chi connectivity index (χ0n) is 16.4. The zero-order valence-corrected chi connectivity index (χ0v) is 17.2. The molecule has 3 saturated heterocycles. The summed E-state index contributed by atoms with van der Waals surface area (Å²) < 4.78 is 60.3. The lowest BCUT2D eigenvalue weighted by Gasteiger charge is -2.49. The molecule has 0 aliphatic carbocycles. The van der Waals surface area contributed by atoms with Gasteiger partial charge >= 0.3 is 5.51 Å². The van der Waals surface area contributed by atoms with Gasteiger partial charge in [-0.25, -0.2) is 13.4 Å². The van der Waals surface area contributed by atoms with Crippen LogP contribution in [0.15, 0.2) is 17.3 Å². The van der Waals surface area contributed by atoms with Gasteiger partial charge in [0, 0.05) is 5.69 Å². The fraction of sp³-hybridized carbons (Fsp3) is 0.667. The molecule has 0 radical (unpaired) electrons. The highest BCUT2D eigenvalue weighted by molar-refractivity contribution is 7.86. The first-order chi connectivity index (χ1) is 14.0. The van der Waals surface area contributed by atoms with E-state index in [1.807, 2.05) is 6.07 Å². The van der Waals surface area contributed by atoms with E-state index in [9.17, 15) is 18.3 Å². The molecule has 3 aliphatic heterocycles. The van der Waals surface area contributed by atoms with E-state index >= 15 is 0 Å². The number of nitrogens with zero attached hydrogens (tertiary/aromatic N) is 3. The molecule has 0 aromatic carbocycles. The number of aromatic nitrogens is 1. The number of unbranched alkanes of at least 4 members (excludes halogenated alkanes) is 1. The van der Waals surface area contributed by atoms with Crippen LogP contribution in [0.1, 0.15) is 43.5 Å². The van der Waals surface area contributed by atoms with Crippen LogP contribution in [0.4, 0.5) is 13.2 Å². The number of piperidine rings is 3. The molecule has 1 aromatic rings. The molecule has 8 nitrogen and oxygen atoms in total. The average molecular weight is 453 g/mol. The van der Waals surface area contributed by atoms with E-state index in [1.54, 1.807) is 6.07 Å². The Morgan fingerprint density at radius 1 is 1.20 bits per heavy atom. The Kier molecular flexibility index (Phi) is 8.06. The minimum absolute atomic E-state index is 0.0519. The number of oxime groups is 1. The summed E-state index contributed by atoms with van der Waals surface area (Å²) in [5.41, 5.74) is -4.36. The van der Waals surface area contributed by atoms with Gasteiger partial charge in [0.25, 0.3) is 0 Å². The van der Waals surface area contributed by atoms with Gasteiger partial charge in [0.15, 0.2) is 10.1 Å². The highest BCUT2D eigenvalue weighted by Gasteiger charge is 2.39. The number of halogens is 3. The number of hydrogen-bond acceptors (Lipinski definition) is 7. The fourth-order valence-corrected chi connectivity index (χ4v) is 4.03. The summed E-state index contributed by atoms with van der Waals surface area (Å²) >= 11 is 0. The van der Waals surface area contributed by atoms with Crippen LogP contribution >= 0.6 is 0 Å². The molecule has 30 heavy (non-hydrogen) atoms. The van der Waals surface area contributed by atoms with Crippen LogP contribution in [0.2, 0.25) is 0 Å². The standard InChI is InChI=1S/C17H25N3O2.CHF3O3S/c21-17-5-4-15(19-16(17)13-18-22)3-1-2-9-20-10-6-14(7-11-20)8-12-20;2-1(3,4)8(5,6)7/h4-5,13-14H,1-3,6-12H2,(H-,18,19,21,22);(H,5,6,7). The van der Waals surface area contributed by atoms with Gasteiger partial charge in [0.1, 0.15) is 11.4 Å². The first-order valence-electron chi connectivity index (χ1n) is 9.69. The molecule has 0 amide bonds. The van der Waals surface area contributed by atoms with E-state index in [-0.39, 0.29) is 5.75 Å². The molecule has 0 spiro atoms. The number of alkyl halides is 3. The zero-order chi connectivity index (χ0) is 22.4. The molecule has 1 aromatic heterocycles. The number of pyridine rings is 1. The van der Waals surface area contributed by atoms with Gasteiger partial charge in [-0.2, -0.15) is 13.2 Å². The Hall–Kier alpha value is -1.92. The van der Waals surface area contributed by atoms with Crippen molar-refractivity contribution in [1.29, 1.82) is 0 Å². The predicted octanol–water partition coefficient (Wildman–Crippen LogP) is 2.60. The number of rotatable bonds is 6. The second-order valence-corrected chi connectivity index (χ2v) is 9.15. The largest absolute Gasteiger partial charge is 0.741 e. The number of hydrogen-bond donors (Lipinski definition) is 2. The van der Waals surface area contributed by atoms with Crippen molar-refractivity contribution in [2.75, 3.05) is 26.2 Å². The Labute approximate surface area is 173 Å². The van der Waals surface area contributed by atoms with E-state index in [4.69, 9.17) is 18.2 Å². The Bertz CT molecular complexity index is 824. The van der Waals surface area contributed by atoms with Crippen LogP contribution in [0.3, 0.4) is 0 Å². The summed E-state index contributed by atoms with van der Waals surface area (Å²) in [4.78, 5) is 4.33. The van der Waals surface area contributed by atoms with Gasteiger partial charge in [-0.1, -0.05) is 5.16 Å². The number of fused-ring (bicyclic) bond motifs is 3. The third-order valence-corrected chi connectivity index (χ3v) is 6.34. The van der Waals surface area contributed by atoms with Gasteiger partial charge in [0.2, 0.25) is 0 Å². The van der Waals surface area contributed by atoms with Gasteiger partial charge in [-0.15, -0.1) is 0 Å². The monoisotopic (exact) mass is 453 g/mol. The SMILES string of the molecule is O=S(=O)([O-])C(F)(F)F.ON=Cc1nc(CCCC[N+]23CCC(CC2)CC3)ccc1O. The minimum atomic E-state index is -6.09. The van der Waals surface area contributed by atoms with Crippen molar-refractivity contribution in [3.8, 4) is 5.75 Å². The maximum absolute atomic E-state index is 10.7. The van der Waals surface area contributed by atoms with Crippen molar-refractivity contribution in [2.45, 2.75) is 44.0 Å². The molecule has 2 N–H and O–H groups in total. The third kappa shape index (κ3) is 6.81. The number of aromatic hydroxyl groups is 1.